The minimum atomic E-state index is -0.411. The van der Waals surface area contributed by atoms with E-state index >= 15 is 0 Å². The maximum atomic E-state index is 10.3. The molecule has 0 aliphatic heterocycles. The Kier molecular flexibility index (Phi) is 7.49. The Morgan fingerprint density at radius 3 is 2.56 bits per heavy atom. The lowest BCUT2D eigenvalue weighted by Gasteiger charge is -2.24. The second kappa shape index (κ2) is 10.7. The molecule has 3 aromatic rings. The fraction of sp³-hybridized carbons (Fsp3) is 0.385. The van der Waals surface area contributed by atoms with Crippen LogP contribution in [0.1, 0.15) is 30.9 Å². The third-order valence-electron chi connectivity index (χ3n) is 6.06. The highest BCUT2D eigenvalue weighted by Crippen LogP contribution is 2.42. The van der Waals surface area contributed by atoms with E-state index < -0.39 is 6.10 Å². The number of hydrogen-bond acceptors (Lipinski definition) is 8. The van der Waals surface area contributed by atoms with E-state index in [0.29, 0.717) is 44.0 Å². The Hall–Kier alpha value is -3.36. The van der Waals surface area contributed by atoms with Gasteiger partial charge >= 0.3 is 0 Å². The molecule has 4 rings (SSSR count). The number of rotatable bonds is 9. The summed E-state index contributed by atoms with van der Waals surface area (Å²) in [5, 5.41) is 10.3. The van der Waals surface area contributed by atoms with Gasteiger partial charge in [-0.2, -0.15) is 4.98 Å². The van der Waals surface area contributed by atoms with Crippen molar-refractivity contribution in [2.75, 3.05) is 31.8 Å². The molecule has 0 radical (unpaired) electrons. The summed E-state index contributed by atoms with van der Waals surface area (Å²) in [5.74, 6) is 2.01. The number of benzene rings is 2. The van der Waals surface area contributed by atoms with Crippen LogP contribution >= 0.6 is 0 Å². The third kappa shape index (κ3) is 5.40. The van der Waals surface area contributed by atoms with E-state index in [0.717, 1.165) is 28.0 Å². The smallest absolute Gasteiger partial charge is 0.221 e. The van der Waals surface area contributed by atoms with E-state index in [1.54, 1.807) is 13.3 Å². The van der Waals surface area contributed by atoms with Crippen LogP contribution in [0.3, 0.4) is 0 Å². The van der Waals surface area contributed by atoms with Crippen molar-refractivity contribution in [1.29, 1.82) is 0 Å². The van der Waals surface area contributed by atoms with Crippen LogP contribution in [0.25, 0.3) is 11.1 Å². The van der Waals surface area contributed by atoms with Crippen LogP contribution in [-0.4, -0.2) is 47.6 Å². The predicted octanol–water partition coefficient (Wildman–Crippen LogP) is 3.46. The number of aliphatic hydroxyl groups excluding tert-OH is 1. The molecule has 0 saturated heterocycles. The van der Waals surface area contributed by atoms with Crippen LogP contribution in [0, 0.1) is 5.92 Å². The zero-order valence-electron chi connectivity index (χ0n) is 19.6. The van der Waals surface area contributed by atoms with Gasteiger partial charge in [-0.15, -0.1) is 0 Å². The number of aromatic nitrogens is 2. The third-order valence-corrected chi connectivity index (χ3v) is 6.06. The molecule has 1 saturated carbocycles. The lowest BCUT2D eigenvalue weighted by Crippen LogP contribution is -2.25. The SMILES string of the molecule is CCOc1cc(Cc2cnc(N)nc2N)cc(OC2CC(O)CC2COC)c1-c1ccccc1. The van der Waals surface area contributed by atoms with Gasteiger partial charge in [0.25, 0.3) is 0 Å². The molecule has 34 heavy (non-hydrogen) atoms. The van der Waals surface area contributed by atoms with Gasteiger partial charge in [-0.05, 0) is 36.6 Å². The van der Waals surface area contributed by atoms with E-state index in [4.69, 9.17) is 25.7 Å². The number of nitrogen functional groups attached to an aromatic ring is 2. The summed E-state index contributed by atoms with van der Waals surface area (Å²) in [7, 11) is 1.67. The highest BCUT2D eigenvalue weighted by atomic mass is 16.5. The molecule has 180 valence electrons. The quantitative estimate of drug-likeness (QED) is 0.440. The van der Waals surface area contributed by atoms with E-state index in [-0.39, 0.29) is 18.0 Å². The Morgan fingerprint density at radius 1 is 1.09 bits per heavy atom. The molecule has 5 N–H and O–H groups in total. The lowest BCUT2D eigenvalue weighted by atomic mass is 9.98. The first-order chi connectivity index (χ1) is 16.5. The fourth-order valence-electron chi connectivity index (χ4n) is 4.54. The molecule has 2 aromatic carbocycles. The minimum Gasteiger partial charge on any atom is -0.493 e. The standard InChI is InChI=1S/C26H32N4O4/c1-3-33-22-10-16(9-18-14-29-26(28)30-25(18)27)11-23(24(22)17-7-5-4-6-8-17)34-21-13-20(31)12-19(21)15-32-2/h4-8,10-11,14,19-21,31H,3,9,12-13,15H2,1-2H3,(H4,27,28,29,30). The first-order valence-corrected chi connectivity index (χ1v) is 11.5. The van der Waals surface area contributed by atoms with Crippen molar-refractivity contribution in [3.63, 3.8) is 0 Å². The highest BCUT2D eigenvalue weighted by Gasteiger charge is 2.35. The molecule has 1 aliphatic rings. The summed E-state index contributed by atoms with van der Waals surface area (Å²) < 4.78 is 18.1. The van der Waals surface area contributed by atoms with Gasteiger partial charge in [0.15, 0.2) is 0 Å². The van der Waals surface area contributed by atoms with Crippen LogP contribution in [0.4, 0.5) is 11.8 Å². The van der Waals surface area contributed by atoms with Crippen molar-refractivity contribution in [3.8, 4) is 22.6 Å². The lowest BCUT2D eigenvalue weighted by molar-refractivity contribution is 0.0828. The topological polar surface area (TPSA) is 126 Å². The van der Waals surface area contributed by atoms with Gasteiger partial charge in [0.1, 0.15) is 23.4 Å². The van der Waals surface area contributed by atoms with Crippen molar-refractivity contribution in [2.24, 2.45) is 5.92 Å². The largest absolute Gasteiger partial charge is 0.493 e. The average molecular weight is 465 g/mol. The molecule has 1 aliphatic carbocycles. The predicted molar refractivity (Wildman–Crippen MR) is 132 cm³/mol. The average Bonchev–Trinajstić information content (AvgIpc) is 3.15. The van der Waals surface area contributed by atoms with Gasteiger partial charge in [0.05, 0.1) is 24.9 Å². The highest BCUT2D eigenvalue weighted by molar-refractivity contribution is 5.77. The summed E-state index contributed by atoms with van der Waals surface area (Å²) in [6.45, 7) is 2.99. The Bertz CT molecular complexity index is 1110. The first kappa shape index (κ1) is 23.8. The Balaban J connectivity index is 1.78. The number of aliphatic hydroxyl groups is 1. The van der Waals surface area contributed by atoms with Crippen molar-refractivity contribution in [2.45, 2.75) is 38.4 Å². The molecular formula is C26H32N4O4. The summed E-state index contributed by atoms with van der Waals surface area (Å²) >= 11 is 0. The summed E-state index contributed by atoms with van der Waals surface area (Å²) in [6.07, 6.45) is 2.75. The van der Waals surface area contributed by atoms with E-state index in [2.05, 4.69) is 9.97 Å². The summed E-state index contributed by atoms with van der Waals surface area (Å²) in [4.78, 5) is 8.17. The van der Waals surface area contributed by atoms with Crippen molar-refractivity contribution >= 4 is 11.8 Å². The first-order valence-electron chi connectivity index (χ1n) is 11.5. The van der Waals surface area contributed by atoms with Gasteiger partial charge in [0, 0.05) is 37.6 Å². The molecule has 3 atom stereocenters. The summed E-state index contributed by atoms with van der Waals surface area (Å²) in [5.41, 5.74) is 15.3. The molecule has 0 amide bonds. The van der Waals surface area contributed by atoms with Gasteiger partial charge in [-0.25, -0.2) is 4.98 Å². The van der Waals surface area contributed by atoms with E-state index in [1.165, 1.54) is 0 Å². The van der Waals surface area contributed by atoms with Crippen molar-refractivity contribution in [1.82, 2.24) is 9.97 Å². The molecule has 0 spiro atoms. The number of anilines is 2. The van der Waals surface area contributed by atoms with Crippen molar-refractivity contribution < 1.29 is 19.3 Å². The summed E-state index contributed by atoms with van der Waals surface area (Å²) in [6, 6.07) is 14.0. The van der Waals surface area contributed by atoms with Crippen LogP contribution in [0.2, 0.25) is 0 Å². The number of nitrogens with zero attached hydrogens (tertiary/aromatic N) is 2. The molecule has 3 unspecified atom stereocenters. The molecule has 8 nitrogen and oxygen atoms in total. The molecular weight excluding hydrogens is 432 g/mol. The molecule has 1 heterocycles. The van der Waals surface area contributed by atoms with E-state index in [9.17, 15) is 5.11 Å². The van der Waals surface area contributed by atoms with Crippen molar-refractivity contribution in [3.05, 3.63) is 59.8 Å². The zero-order chi connectivity index (χ0) is 24.1. The Labute approximate surface area is 199 Å². The Morgan fingerprint density at radius 2 is 1.85 bits per heavy atom. The maximum Gasteiger partial charge on any atom is 0.221 e. The van der Waals surface area contributed by atoms with Crippen LogP contribution < -0.4 is 20.9 Å². The molecule has 1 fully saturated rings. The molecule has 0 bridgehead atoms. The monoisotopic (exact) mass is 464 g/mol. The normalized spacial score (nSPS) is 19.8. The van der Waals surface area contributed by atoms with Crippen LogP contribution in [-0.2, 0) is 11.2 Å². The fourth-order valence-corrected chi connectivity index (χ4v) is 4.54. The van der Waals surface area contributed by atoms with Crippen LogP contribution in [0.5, 0.6) is 11.5 Å². The van der Waals surface area contributed by atoms with Gasteiger partial charge in [-0.1, -0.05) is 30.3 Å². The molecule has 1 aromatic heterocycles. The second-order valence-corrected chi connectivity index (χ2v) is 8.58. The van der Waals surface area contributed by atoms with Crippen LogP contribution in [0.15, 0.2) is 48.7 Å². The zero-order valence-corrected chi connectivity index (χ0v) is 19.6. The van der Waals surface area contributed by atoms with Gasteiger partial charge in [0.2, 0.25) is 5.95 Å². The van der Waals surface area contributed by atoms with E-state index in [1.807, 2.05) is 49.4 Å². The van der Waals surface area contributed by atoms with Gasteiger partial charge < -0.3 is 30.8 Å². The number of methoxy groups -OCH3 is 1. The maximum absolute atomic E-state index is 10.3. The minimum absolute atomic E-state index is 0.101. The number of ether oxygens (including phenoxy) is 3. The molecule has 8 heteroatoms. The number of hydrogen-bond donors (Lipinski definition) is 3. The number of nitrogens with two attached hydrogens (primary N) is 2. The second-order valence-electron chi connectivity index (χ2n) is 8.58. The van der Waals surface area contributed by atoms with Gasteiger partial charge in [-0.3, -0.25) is 0 Å².